The number of halogens is 2. The van der Waals surface area contributed by atoms with Crippen molar-refractivity contribution in [3.63, 3.8) is 0 Å². The second-order valence-electron chi connectivity index (χ2n) is 8.52. The SMILES string of the molecule is CCCCOc1ccc(NC(=O)c2ccc(OC)c(C(=O)Nc3ccc(OCCCC)c(F)c3)c2)cc1F. The number of carbonyl (C=O) groups excluding carboxylic acids is 2. The second kappa shape index (κ2) is 14.0. The van der Waals surface area contributed by atoms with Crippen LogP contribution in [0.5, 0.6) is 17.2 Å². The Bertz CT molecular complexity index is 1270. The number of hydrogen-bond acceptors (Lipinski definition) is 5. The molecule has 0 saturated carbocycles. The lowest BCUT2D eigenvalue weighted by molar-refractivity contribution is 0.102. The lowest BCUT2D eigenvalue weighted by Gasteiger charge is -2.13. The van der Waals surface area contributed by atoms with Crippen LogP contribution in [0.4, 0.5) is 20.2 Å². The fourth-order valence-corrected chi connectivity index (χ4v) is 3.47. The van der Waals surface area contributed by atoms with Gasteiger partial charge in [0, 0.05) is 29.1 Å². The number of carbonyl (C=O) groups is 2. The summed E-state index contributed by atoms with van der Waals surface area (Å²) in [4.78, 5) is 25.8. The Hall–Kier alpha value is -4.14. The Balaban J connectivity index is 1.72. The number of anilines is 2. The van der Waals surface area contributed by atoms with Crippen molar-refractivity contribution in [1.82, 2.24) is 0 Å². The van der Waals surface area contributed by atoms with Crippen LogP contribution in [0, 0.1) is 11.6 Å². The van der Waals surface area contributed by atoms with E-state index in [2.05, 4.69) is 10.6 Å². The maximum absolute atomic E-state index is 14.4. The number of nitrogens with one attached hydrogen (secondary N) is 2. The van der Waals surface area contributed by atoms with Gasteiger partial charge in [-0.05, 0) is 55.3 Å². The summed E-state index contributed by atoms with van der Waals surface area (Å²) in [7, 11) is 1.39. The van der Waals surface area contributed by atoms with E-state index in [0.29, 0.717) is 13.2 Å². The van der Waals surface area contributed by atoms with Gasteiger partial charge in [0.05, 0.1) is 25.9 Å². The molecule has 3 rings (SSSR count). The van der Waals surface area contributed by atoms with Crippen molar-refractivity contribution in [2.24, 2.45) is 0 Å². The molecule has 3 aromatic carbocycles. The van der Waals surface area contributed by atoms with Crippen molar-refractivity contribution in [2.45, 2.75) is 39.5 Å². The number of unbranched alkanes of at least 4 members (excludes halogenated alkanes) is 2. The summed E-state index contributed by atoms with van der Waals surface area (Å²) in [6.07, 6.45) is 3.45. The summed E-state index contributed by atoms with van der Waals surface area (Å²) >= 11 is 0. The zero-order chi connectivity index (χ0) is 27.5. The molecule has 9 heteroatoms. The topological polar surface area (TPSA) is 85.9 Å². The van der Waals surface area contributed by atoms with E-state index in [0.717, 1.165) is 31.7 Å². The predicted molar refractivity (Wildman–Crippen MR) is 143 cm³/mol. The first-order valence-electron chi connectivity index (χ1n) is 12.5. The van der Waals surface area contributed by atoms with E-state index in [1.54, 1.807) is 0 Å². The number of amides is 2. The molecule has 2 amide bonds. The van der Waals surface area contributed by atoms with Crippen molar-refractivity contribution >= 4 is 23.2 Å². The molecular formula is C29H32F2N2O5. The predicted octanol–water partition coefficient (Wildman–Crippen LogP) is 6.84. The molecule has 0 aromatic heterocycles. The van der Waals surface area contributed by atoms with Gasteiger partial charge >= 0.3 is 0 Å². The fourth-order valence-electron chi connectivity index (χ4n) is 3.47. The minimum Gasteiger partial charge on any atom is -0.496 e. The highest BCUT2D eigenvalue weighted by Gasteiger charge is 2.18. The quantitative estimate of drug-likeness (QED) is 0.238. The van der Waals surface area contributed by atoms with Crippen LogP contribution in [-0.2, 0) is 0 Å². The Morgan fingerprint density at radius 1 is 0.711 bits per heavy atom. The average Bonchev–Trinajstić information content (AvgIpc) is 2.91. The van der Waals surface area contributed by atoms with Crippen LogP contribution in [0.2, 0.25) is 0 Å². The Morgan fingerprint density at radius 3 is 1.68 bits per heavy atom. The number of methoxy groups -OCH3 is 1. The normalized spacial score (nSPS) is 10.6. The summed E-state index contributed by atoms with van der Waals surface area (Å²) in [5.41, 5.74) is 0.651. The van der Waals surface area contributed by atoms with Gasteiger partial charge in [-0.2, -0.15) is 0 Å². The molecular weight excluding hydrogens is 494 g/mol. The third-order valence-electron chi connectivity index (χ3n) is 5.60. The van der Waals surface area contributed by atoms with E-state index in [9.17, 15) is 18.4 Å². The maximum atomic E-state index is 14.4. The number of rotatable bonds is 13. The molecule has 38 heavy (non-hydrogen) atoms. The van der Waals surface area contributed by atoms with Crippen molar-refractivity contribution in [3.05, 3.63) is 77.4 Å². The molecule has 0 bridgehead atoms. The molecule has 0 heterocycles. The molecule has 0 saturated heterocycles. The van der Waals surface area contributed by atoms with E-state index in [4.69, 9.17) is 14.2 Å². The van der Waals surface area contributed by atoms with Crippen molar-refractivity contribution in [2.75, 3.05) is 31.0 Å². The lowest BCUT2D eigenvalue weighted by Crippen LogP contribution is -2.17. The van der Waals surface area contributed by atoms with Gasteiger partial charge < -0.3 is 24.8 Å². The highest BCUT2D eigenvalue weighted by atomic mass is 19.1. The summed E-state index contributed by atoms with van der Waals surface area (Å²) in [5.74, 6) is -1.92. The van der Waals surface area contributed by atoms with Crippen molar-refractivity contribution < 1.29 is 32.6 Å². The lowest BCUT2D eigenvalue weighted by atomic mass is 10.1. The molecule has 0 aliphatic carbocycles. The Labute approximate surface area is 221 Å². The number of ether oxygens (including phenoxy) is 3. The maximum Gasteiger partial charge on any atom is 0.259 e. The van der Waals surface area contributed by atoms with Crippen molar-refractivity contribution in [1.29, 1.82) is 0 Å². The molecule has 202 valence electrons. The van der Waals surface area contributed by atoms with Gasteiger partial charge in [0.15, 0.2) is 23.1 Å². The van der Waals surface area contributed by atoms with Crippen LogP contribution in [0.15, 0.2) is 54.6 Å². The van der Waals surface area contributed by atoms with Crippen LogP contribution >= 0.6 is 0 Å². The summed E-state index contributed by atoms with van der Waals surface area (Å²) in [5, 5.41) is 5.22. The van der Waals surface area contributed by atoms with Crippen LogP contribution in [0.3, 0.4) is 0 Å². The monoisotopic (exact) mass is 526 g/mol. The van der Waals surface area contributed by atoms with Gasteiger partial charge in [-0.25, -0.2) is 8.78 Å². The second-order valence-corrected chi connectivity index (χ2v) is 8.52. The molecule has 2 N–H and O–H groups in total. The van der Waals surface area contributed by atoms with Gasteiger partial charge in [-0.3, -0.25) is 9.59 Å². The minimum atomic E-state index is -0.604. The Morgan fingerprint density at radius 2 is 1.21 bits per heavy atom. The van der Waals surface area contributed by atoms with E-state index in [-0.39, 0.29) is 39.8 Å². The smallest absolute Gasteiger partial charge is 0.259 e. The van der Waals surface area contributed by atoms with Gasteiger partial charge in [0.25, 0.3) is 11.8 Å². The molecule has 0 spiro atoms. The van der Waals surface area contributed by atoms with E-state index < -0.39 is 23.4 Å². The molecule has 0 aliphatic heterocycles. The summed E-state index contributed by atoms with van der Waals surface area (Å²) < 4.78 is 44.8. The van der Waals surface area contributed by atoms with Crippen LogP contribution < -0.4 is 24.8 Å². The molecule has 0 atom stereocenters. The number of hydrogen-bond donors (Lipinski definition) is 2. The fraction of sp³-hybridized carbons (Fsp3) is 0.310. The molecule has 0 radical (unpaired) electrons. The minimum absolute atomic E-state index is 0.0645. The van der Waals surface area contributed by atoms with Gasteiger partial charge in [-0.1, -0.05) is 26.7 Å². The van der Waals surface area contributed by atoms with Crippen molar-refractivity contribution in [3.8, 4) is 17.2 Å². The third-order valence-corrected chi connectivity index (χ3v) is 5.60. The summed E-state index contributed by atoms with van der Waals surface area (Å²) in [6, 6.07) is 12.6. The molecule has 7 nitrogen and oxygen atoms in total. The van der Waals surface area contributed by atoms with E-state index >= 15 is 0 Å². The van der Waals surface area contributed by atoms with Gasteiger partial charge in [-0.15, -0.1) is 0 Å². The standard InChI is InChI=1S/C29H32F2N2O5/c1-4-6-14-37-26-12-9-20(17-23(26)30)32-28(34)19-8-11-25(36-3)22(16-19)29(35)33-21-10-13-27(24(31)18-21)38-15-7-5-2/h8-13,16-18H,4-7,14-15H2,1-3H3,(H,32,34)(H,33,35). The van der Waals surface area contributed by atoms with Crippen LogP contribution in [0.1, 0.15) is 60.2 Å². The highest BCUT2D eigenvalue weighted by molar-refractivity contribution is 6.10. The zero-order valence-corrected chi connectivity index (χ0v) is 21.7. The largest absolute Gasteiger partial charge is 0.496 e. The van der Waals surface area contributed by atoms with Gasteiger partial charge in [0.2, 0.25) is 0 Å². The number of benzene rings is 3. The van der Waals surface area contributed by atoms with Crippen LogP contribution in [0.25, 0.3) is 0 Å². The molecule has 0 aliphatic rings. The molecule has 3 aromatic rings. The average molecular weight is 527 g/mol. The van der Waals surface area contributed by atoms with Crippen LogP contribution in [-0.4, -0.2) is 32.1 Å². The third kappa shape index (κ3) is 7.68. The molecule has 0 unspecified atom stereocenters. The first-order chi connectivity index (χ1) is 18.4. The van der Waals surface area contributed by atoms with E-state index in [1.807, 2.05) is 13.8 Å². The first kappa shape index (κ1) is 28.4. The summed E-state index contributed by atoms with van der Waals surface area (Å²) in [6.45, 7) is 4.81. The first-order valence-corrected chi connectivity index (χ1v) is 12.5. The molecule has 0 fully saturated rings. The highest BCUT2D eigenvalue weighted by Crippen LogP contribution is 2.26. The van der Waals surface area contributed by atoms with Gasteiger partial charge in [0.1, 0.15) is 5.75 Å². The zero-order valence-electron chi connectivity index (χ0n) is 21.7. The Kier molecular flexibility index (Phi) is 10.5. The van der Waals surface area contributed by atoms with E-state index in [1.165, 1.54) is 55.6 Å².